The second kappa shape index (κ2) is 4.47. The SMILES string of the molecule is Cc1ccc(C(C)(C)C)c2oc(C(=O)C(C)(C)C)cc12. The van der Waals surface area contributed by atoms with Crippen LogP contribution >= 0.6 is 0 Å². The number of hydrogen-bond acceptors (Lipinski definition) is 2. The average Bonchev–Trinajstić information content (AvgIpc) is 2.70. The molecule has 0 aliphatic heterocycles. The molecular weight excluding hydrogens is 248 g/mol. The van der Waals surface area contributed by atoms with Crippen molar-refractivity contribution in [2.24, 2.45) is 5.41 Å². The van der Waals surface area contributed by atoms with Crippen LogP contribution in [0.2, 0.25) is 0 Å². The molecule has 1 aromatic heterocycles. The summed E-state index contributed by atoms with van der Waals surface area (Å²) in [6.07, 6.45) is 0. The first-order chi connectivity index (χ1) is 9.01. The molecular formula is C18H24O2. The van der Waals surface area contributed by atoms with Crippen molar-refractivity contribution in [2.75, 3.05) is 0 Å². The Morgan fingerprint density at radius 1 is 1.05 bits per heavy atom. The molecule has 0 unspecified atom stereocenters. The predicted octanol–water partition coefficient (Wildman–Crippen LogP) is 5.27. The van der Waals surface area contributed by atoms with Crippen molar-refractivity contribution in [3.8, 4) is 0 Å². The lowest BCUT2D eigenvalue weighted by Gasteiger charge is -2.19. The van der Waals surface area contributed by atoms with Gasteiger partial charge in [0.25, 0.3) is 0 Å². The normalized spacial score (nSPS) is 12.9. The number of ketones is 1. The number of Topliss-reactive ketones (excluding diaryl/α,β-unsaturated/α-hetero) is 1. The number of benzene rings is 1. The average molecular weight is 272 g/mol. The van der Waals surface area contributed by atoms with Gasteiger partial charge in [-0.25, -0.2) is 0 Å². The van der Waals surface area contributed by atoms with E-state index in [9.17, 15) is 4.79 Å². The molecule has 0 saturated heterocycles. The zero-order chi connectivity index (χ0) is 15.3. The highest BCUT2D eigenvalue weighted by atomic mass is 16.3. The first-order valence-corrected chi connectivity index (χ1v) is 7.10. The molecule has 0 bridgehead atoms. The molecule has 2 heteroatoms. The van der Waals surface area contributed by atoms with Crippen LogP contribution in [-0.4, -0.2) is 5.78 Å². The molecule has 2 nitrogen and oxygen atoms in total. The number of furan rings is 1. The monoisotopic (exact) mass is 272 g/mol. The van der Waals surface area contributed by atoms with E-state index in [1.165, 1.54) is 0 Å². The summed E-state index contributed by atoms with van der Waals surface area (Å²) >= 11 is 0. The Balaban J connectivity index is 2.71. The number of carbonyl (C=O) groups excluding carboxylic acids is 1. The summed E-state index contributed by atoms with van der Waals surface area (Å²) in [4.78, 5) is 12.4. The second-order valence-corrected chi connectivity index (χ2v) is 7.61. The molecule has 0 spiro atoms. The van der Waals surface area contributed by atoms with Crippen molar-refractivity contribution in [2.45, 2.75) is 53.9 Å². The van der Waals surface area contributed by atoms with Crippen LogP contribution < -0.4 is 0 Å². The van der Waals surface area contributed by atoms with Crippen LogP contribution in [0.4, 0.5) is 0 Å². The van der Waals surface area contributed by atoms with Crippen LogP contribution in [0.1, 0.15) is 63.2 Å². The number of hydrogen-bond donors (Lipinski definition) is 0. The molecule has 1 aromatic carbocycles. The molecule has 108 valence electrons. The highest BCUT2D eigenvalue weighted by Crippen LogP contribution is 2.35. The molecule has 0 fully saturated rings. The Labute approximate surface area is 121 Å². The number of fused-ring (bicyclic) bond motifs is 1. The number of rotatable bonds is 1. The maximum atomic E-state index is 12.4. The van der Waals surface area contributed by atoms with Crippen molar-refractivity contribution in [3.05, 3.63) is 35.1 Å². The van der Waals surface area contributed by atoms with Gasteiger partial charge in [-0.05, 0) is 24.0 Å². The van der Waals surface area contributed by atoms with E-state index in [1.807, 2.05) is 26.8 Å². The fourth-order valence-corrected chi connectivity index (χ4v) is 2.33. The molecule has 0 atom stereocenters. The van der Waals surface area contributed by atoms with Crippen molar-refractivity contribution in [3.63, 3.8) is 0 Å². The van der Waals surface area contributed by atoms with Crippen LogP contribution in [-0.2, 0) is 5.41 Å². The Morgan fingerprint density at radius 2 is 1.65 bits per heavy atom. The second-order valence-electron chi connectivity index (χ2n) is 7.61. The van der Waals surface area contributed by atoms with Gasteiger partial charge in [0.05, 0.1) is 0 Å². The fraction of sp³-hybridized carbons (Fsp3) is 0.500. The van der Waals surface area contributed by atoms with Crippen molar-refractivity contribution < 1.29 is 9.21 Å². The molecule has 1 heterocycles. The number of carbonyl (C=O) groups is 1. The molecule has 20 heavy (non-hydrogen) atoms. The summed E-state index contributed by atoms with van der Waals surface area (Å²) in [6, 6.07) is 6.10. The summed E-state index contributed by atoms with van der Waals surface area (Å²) in [6.45, 7) is 14.3. The summed E-state index contributed by atoms with van der Waals surface area (Å²) in [5, 5.41) is 1.05. The van der Waals surface area contributed by atoms with Crippen molar-refractivity contribution in [1.29, 1.82) is 0 Å². The highest BCUT2D eigenvalue weighted by molar-refractivity contribution is 6.01. The standard InChI is InChI=1S/C18H24O2/c1-11-8-9-13(17(2,3)4)15-12(11)10-14(20-15)16(19)18(5,6)7/h8-10H,1-7H3. The minimum Gasteiger partial charge on any atom is -0.453 e. The highest BCUT2D eigenvalue weighted by Gasteiger charge is 2.28. The number of aryl methyl sites for hydroxylation is 1. The van der Waals surface area contributed by atoms with Crippen LogP contribution in [0.25, 0.3) is 11.0 Å². The van der Waals surface area contributed by atoms with Gasteiger partial charge in [0.2, 0.25) is 5.78 Å². The first kappa shape index (κ1) is 14.8. The van der Waals surface area contributed by atoms with E-state index in [4.69, 9.17) is 4.42 Å². The Morgan fingerprint density at radius 3 is 2.15 bits per heavy atom. The van der Waals surface area contributed by atoms with Crippen molar-refractivity contribution in [1.82, 2.24) is 0 Å². The molecule has 0 aliphatic carbocycles. The molecule has 0 aliphatic rings. The van der Waals surface area contributed by atoms with Gasteiger partial charge in [-0.2, -0.15) is 0 Å². The minimum absolute atomic E-state index is 0.00808. The minimum atomic E-state index is -0.427. The smallest absolute Gasteiger partial charge is 0.203 e. The van der Waals surface area contributed by atoms with E-state index in [1.54, 1.807) is 0 Å². The summed E-state index contributed by atoms with van der Waals surface area (Å²) in [5.74, 6) is 0.514. The fourth-order valence-electron chi connectivity index (χ4n) is 2.33. The van der Waals surface area contributed by atoms with E-state index in [0.29, 0.717) is 5.76 Å². The topological polar surface area (TPSA) is 30.2 Å². The maximum Gasteiger partial charge on any atom is 0.203 e. The van der Waals surface area contributed by atoms with Gasteiger partial charge >= 0.3 is 0 Å². The maximum absolute atomic E-state index is 12.4. The van der Waals surface area contributed by atoms with Gasteiger partial charge in [0, 0.05) is 16.4 Å². The van der Waals surface area contributed by atoms with Crippen LogP contribution in [0.5, 0.6) is 0 Å². The van der Waals surface area contributed by atoms with Crippen LogP contribution in [0, 0.1) is 12.3 Å². The first-order valence-electron chi connectivity index (χ1n) is 7.10. The lowest BCUT2D eigenvalue weighted by Crippen LogP contribution is -2.19. The quantitative estimate of drug-likeness (QED) is 0.662. The third kappa shape index (κ3) is 2.52. The molecule has 2 aromatic rings. The van der Waals surface area contributed by atoms with Gasteiger partial charge in [0.15, 0.2) is 5.76 Å². The molecule has 0 radical (unpaired) electrons. The van der Waals surface area contributed by atoms with Gasteiger partial charge in [-0.15, -0.1) is 0 Å². The van der Waals surface area contributed by atoms with Crippen LogP contribution in [0.3, 0.4) is 0 Å². The Bertz CT molecular complexity index is 661. The van der Waals surface area contributed by atoms with E-state index in [2.05, 4.69) is 39.8 Å². The molecule has 2 rings (SSSR count). The Kier molecular flexibility index (Phi) is 3.32. The zero-order valence-electron chi connectivity index (χ0n) is 13.5. The predicted molar refractivity (Wildman–Crippen MR) is 83.4 cm³/mol. The lowest BCUT2D eigenvalue weighted by molar-refractivity contribution is 0.0830. The van der Waals surface area contributed by atoms with E-state index < -0.39 is 5.41 Å². The molecule has 0 saturated carbocycles. The molecule has 0 N–H and O–H groups in total. The summed E-state index contributed by atoms with van der Waals surface area (Å²) in [7, 11) is 0. The van der Waals surface area contributed by atoms with Crippen molar-refractivity contribution >= 4 is 16.8 Å². The van der Waals surface area contributed by atoms with E-state index in [0.717, 1.165) is 22.1 Å². The summed E-state index contributed by atoms with van der Waals surface area (Å²) < 4.78 is 5.95. The third-order valence-electron chi connectivity index (χ3n) is 3.61. The van der Waals surface area contributed by atoms with Gasteiger partial charge in [-0.1, -0.05) is 53.7 Å². The van der Waals surface area contributed by atoms with Gasteiger partial charge < -0.3 is 4.42 Å². The lowest BCUT2D eigenvalue weighted by atomic mass is 9.85. The van der Waals surface area contributed by atoms with Crippen LogP contribution in [0.15, 0.2) is 22.6 Å². The zero-order valence-corrected chi connectivity index (χ0v) is 13.5. The van der Waals surface area contributed by atoms with E-state index >= 15 is 0 Å². The van der Waals surface area contributed by atoms with E-state index in [-0.39, 0.29) is 11.2 Å². The Hall–Kier alpha value is -1.57. The largest absolute Gasteiger partial charge is 0.453 e. The molecule has 0 amide bonds. The third-order valence-corrected chi connectivity index (χ3v) is 3.61. The van der Waals surface area contributed by atoms with Gasteiger partial charge in [-0.3, -0.25) is 4.79 Å². The van der Waals surface area contributed by atoms with Gasteiger partial charge in [0.1, 0.15) is 5.58 Å². The summed E-state index contributed by atoms with van der Waals surface area (Å²) in [5.41, 5.74) is 2.70.